The number of β-amino-alcohol motifs (C(OH)–C–C–N with tert-alkyl or cyclic N) is 1. The van der Waals surface area contributed by atoms with Crippen LogP contribution in [0, 0.1) is 0 Å². The SMILES string of the molecule is CC[C@H](O)CN1CCN(C(=O)CCCn2cncn2)CC1. The van der Waals surface area contributed by atoms with Gasteiger partial charge in [0.1, 0.15) is 12.7 Å². The Balaban J connectivity index is 1.63. The van der Waals surface area contributed by atoms with E-state index in [2.05, 4.69) is 15.0 Å². The first-order valence-electron chi connectivity index (χ1n) is 7.69. The number of aromatic nitrogens is 3. The fraction of sp³-hybridized carbons (Fsp3) is 0.786. The molecule has 7 heteroatoms. The fourth-order valence-electron chi connectivity index (χ4n) is 2.51. The van der Waals surface area contributed by atoms with Gasteiger partial charge in [-0.3, -0.25) is 14.4 Å². The van der Waals surface area contributed by atoms with Crippen molar-refractivity contribution in [1.82, 2.24) is 24.6 Å². The summed E-state index contributed by atoms with van der Waals surface area (Å²) in [5, 5.41) is 13.7. The molecule has 1 aromatic heterocycles. The van der Waals surface area contributed by atoms with Crippen LogP contribution in [0.5, 0.6) is 0 Å². The van der Waals surface area contributed by atoms with Crippen LogP contribution in [0.25, 0.3) is 0 Å². The summed E-state index contributed by atoms with van der Waals surface area (Å²) in [5.74, 6) is 0.214. The van der Waals surface area contributed by atoms with Gasteiger partial charge < -0.3 is 10.0 Å². The Labute approximate surface area is 125 Å². The number of carbonyl (C=O) groups excluding carboxylic acids is 1. The van der Waals surface area contributed by atoms with Crippen LogP contribution in [0.3, 0.4) is 0 Å². The highest BCUT2D eigenvalue weighted by Crippen LogP contribution is 2.07. The van der Waals surface area contributed by atoms with Gasteiger partial charge in [-0.15, -0.1) is 0 Å². The molecule has 0 aliphatic carbocycles. The Morgan fingerprint density at radius 2 is 2.10 bits per heavy atom. The van der Waals surface area contributed by atoms with E-state index >= 15 is 0 Å². The van der Waals surface area contributed by atoms with Crippen LogP contribution < -0.4 is 0 Å². The van der Waals surface area contributed by atoms with E-state index in [1.165, 1.54) is 6.33 Å². The highest BCUT2D eigenvalue weighted by Gasteiger charge is 2.21. The molecule has 1 atom stereocenters. The topological polar surface area (TPSA) is 74.5 Å². The molecule has 1 N–H and O–H groups in total. The van der Waals surface area contributed by atoms with Crippen molar-refractivity contribution in [2.75, 3.05) is 32.7 Å². The molecular formula is C14H25N5O2. The second-order valence-corrected chi connectivity index (χ2v) is 5.51. The van der Waals surface area contributed by atoms with E-state index < -0.39 is 0 Å². The lowest BCUT2D eigenvalue weighted by Gasteiger charge is -2.35. The molecule has 0 unspecified atom stereocenters. The van der Waals surface area contributed by atoms with Crippen LogP contribution in [-0.4, -0.2) is 74.4 Å². The highest BCUT2D eigenvalue weighted by atomic mass is 16.3. The van der Waals surface area contributed by atoms with Gasteiger partial charge in [0.15, 0.2) is 0 Å². The minimum absolute atomic E-state index is 0.214. The van der Waals surface area contributed by atoms with Crippen LogP contribution >= 0.6 is 0 Å². The number of amides is 1. The van der Waals surface area contributed by atoms with Gasteiger partial charge in [0.05, 0.1) is 6.10 Å². The highest BCUT2D eigenvalue weighted by molar-refractivity contribution is 5.76. The summed E-state index contributed by atoms with van der Waals surface area (Å²) in [6, 6.07) is 0. The molecular weight excluding hydrogens is 270 g/mol. The average molecular weight is 295 g/mol. The molecule has 1 aliphatic heterocycles. The minimum Gasteiger partial charge on any atom is -0.392 e. The van der Waals surface area contributed by atoms with Gasteiger partial charge in [0.25, 0.3) is 0 Å². The second-order valence-electron chi connectivity index (χ2n) is 5.51. The summed E-state index contributed by atoms with van der Waals surface area (Å²) in [6.07, 6.45) is 5.04. The zero-order chi connectivity index (χ0) is 15.1. The molecule has 1 amide bonds. The molecule has 0 bridgehead atoms. The third-order valence-corrected chi connectivity index (χ3v) is 3.91. The maximum atomic E-state index is 12.1. The number of nitrogens with zero attached hydrogens (tertiary/aromatic N) is 5. The number of hydrogen-bond donors (Lipinski definition) is 1. The molecule has 7 nitrogen and oxygen atoms in total. The first kappa shape index (κ1) is 15.9. The standard InChI is InChI=1S/C14H25N5O2/c1-2-13(20)10-17-6-8-18(9-7-17)14(21)4-3-5-19-12-15-11-16-19/h11-13,20H,2-10H2,1H3/t13-/m0/s1. The maximum absolute atomic E-state index is 12.1. The van der Waals surface area contributed by atoms with E-state index in [4.69, 9.17) is 0 Å². The first-order valence-corrected chi connectivity index (χ1v) is 7.69. The number of rotatable bonds is 7. The molecule has 0 aromatic carbocycles. The van der Waals surface area contributed by atoms with E-state index in [-0.39, 0.29) is 12.0 Å². The number of piperazine rings is 1. The Bertz CT molecular complexity index is 415. The van der Waals surface area contributed by atoms with E-state index in [1.54, 1.807) is 11.0 Å². The van der Waals surface area contributed by atoms with Crippen molar-refractivity contribution < 1.29 is 9.90 Å². The van der Waals surface area contributed by atoms with Crippen LogP contribution in [0.2, 0.25) is 0 Å². The lowest BCUT2D eigenvalue weighted by atomic mass is 10.2. The summed E-state index contributed by atoms with van der Waals surface area (Å²) >= 11 is 0. The van der Waals surface area contributed by atoms with E-state index in [0.29, 0.717) is 13.0 Å². The molecule has 1 aromatic rings. The van der Waals surface area contributed by atoms with Crippen LogP contribution in [0.15, 0.2) is 12.7 Å². The van der Waals surface area contributed by atoms with Crippen molar-refractivity contribution in [3.8, 4) is 0 Å². The maximum Gasteiger partial charge on any atom is 0.222 e. The van der Waals surface area contributed by atoms with E-state index in [1.807, 2.05) is 11.8 Å². The molecule has 1 aliphatic rings. The Morgan fingerprint density at radius 1 is 1.33 bits per heavy atom. The first-order chi connectivity index (χ1) is 10.2. The predicted molar refractivity (Wildman–Crippen MR) is 78.6 cm³/mol. The van der Waals surface area contributed by atoms with Gasteiger partial charge in [0, 0.05) is 45.7 Å². The van der Waals surface area contributed by atoms with Crippen LogP contribution in [-0.2, 0) is 11.3 Å². The molecule has 21 heavy (non-hydrogen) atoms. The van der Waals surface area contributed by atoms with Gasteiger partial charge in [-0.25, -0.2) is 4.98 Å². The van der Waals surface area contributed by atoms with Crippen molar-refractivity contribution in [3.63, 3.8) is 0 Å². The monoisotopic (exact) mass is 295 g/mol. The normalized spacial score (nSPS) is 17.9. The summed E-state index contributed by atoms with van der Waals surface area (Å²) in [4.78, 5) is 20.2. The Morgan fingerprint density at radius 3 is 2.71 bits per heavy atom. The van der Waals surface area contributed by atoms with Gasteiger partial charge in [-0.2, -0.15) is 5.10 Å². The smallest absolute Gasteiger partial charge is 0.222 e. The summed E-state index contributed by atoms with van der Waals surface area (Å²) in [7, 11) is 0. The van der Waals surface area contributed by atoms with E-state index in [0.717, 1.165) is 45.6 Å². The molecule has 118 valence electrons. The summed E-state index contributed by atoms with van der Waals surface area (Å²) in [5.41, 5.74) is 0. The summed E-state index contributed by atoms with van der Waals surface area (Å²) < 4.78 is 1.75. The second kappa shape index (κ2) is 8.09. The fourth-order valence-corrected chi connectivity index (χ4v) is 2.51. The predicted octanol–water partition coefficient (Wildman–Crippen LogP) is -0.0266. The minimum atomic E-state index is -0.255. The number of aliphatic hydroxyl groups is 1. The number of aryl methyl sites for hydroxylation is 1. The quantitative estimate of drug-likeness (QED) is 0.765. The largest absolute Gasteiger partial charge is 0.392 e. The number of hydrogen-bond acceptors (Lipinski definition) is 5. The molecule has 1 saturated heterocycles. The van der Waals surface area contributed by atoms with Crippen LogP contribution in [0.4, 0.5) is 0 Å². The number of aliphatic hydroxyl groups excluding tert-OH is 1. The third kappa shape index (κ3) is 5.09. The van der Waals surface area contributed by atoms with Crippen molar-refractivity contribution >= 4 is 5.91 Å². The van der Waals surface area contributed by atoms with Crippen molar-refractivity contribution in [3.05, 3.63) is 12.7 Å². The zero-order valence-electron chi connectivity index (χ0n) is 12.7. The van der Waals surface area contributed by atoms with Crippen molar-refractivity contribution in [1.29, 1.82) is 0 Å². The molecule has 0 saturated carbocycles. The van der Waals surface area contributed by atoms with Gasteiger partial charge in [-0.05, 0) is 12.8 Å². The van der Waals surface area contributed by atoms with Crippen molar-refractivity contribution in [2.24, 2.45) is 0 Å². The van der Waals surface area contributed by atoms with Gasteiger partial charge in [-0.1, -0.05) is 6.92 Å². The molecule has 2 rings (SSSR count). The average Bonchev–Trinajstić information content (AvgIpc) is 3.01. The summed E-state index contributed by atoms with van der Waals surface area (Å²) in [6.45, 7) is 6.66. The molecule has 2 heterocycles. The van der Waals surface area contributed by atoms with Crippen molar-refractivity contribution in [2.45, 2.75) is 38.8 Å². The Hall–Kier alpha value is -1.47. The lowest BCUT2D eigenvalue weighted by molar-refractivity contribution is -0.133. The van der Waals surface area contributed by atoms with Crippen LogP contribution in [0.1, 0.15) is 26.2 Å². The van der Waals surface area contributed by atoms with E-state index in [9.17, 15) is 9.90 Å². The van der Waals surface area contributed by atoms with Gasteiger partial charge >= 0.3 is 0 Å². The lowest BCUT2D eigenvalue weighted by Crippen LogP contribution is -2.50. The Kier molecular flexibility index (Phi) is 6.13. The molecule has 0 radical (unpaired) electrons. The third-order valence-electron chi connectivity index (χ3n) is 3.91. The number of carbonyl (C=O) groups is 1. The zero-order valence-corrected chi connectivity index (χ0v) is 12.7. The van der Waals surface area contributed by atoms with Gasteiger partial charge in [0.2, 0.25) is 5.91 Å². The molecule has 0 spiro atoms. The molecule has 1 fully saturated rings.